The molecule has 0 bridgehead atoms. The number of nitrogens with one attached hydrogen (secondary N) is 1. The fourth-order valence-electron chi connectivity index (χ4n) is 2.25. The van der Waals surface area contributed by atoms with E-state index in [2.05, 4.69) is 20.6 Å². The van der Waals surface area contributed by atoms with E-state index in [0.29, 0.717) is 21.6 Å². The van der Waals surface area contributed by atoms with Crippen LogP contribution in [0.1, 0.15) is 0 Å². The van der Waals surface area contributed by atoms with Crippen molar-refractivity contribution in [2.75, 3.05) is 0 Å². The molecule has 0 atom stereocenters. The van der Waals surface area contributed by atoms with E-state index in [0.717, 1.165) is 15.0 Å². The third-order valence-electron chi connectivity index (χ3n) is 3.24. The number of fused-ring (bicyclic) bond motifs is 2. The Morgan fingerprint density at radius 2 is 1.95 bits per heavy atom. The van der Waals surface area contributed by atoms with Crippen LogP contribution in [0.25, 0.3) is 31.6 Å². The van der Waals surface area contributed by atoms with Gasteiger partial charge in [0.05, 0.1) is 0 Å². The smallest absolute Gasteiger partial charge is 0.204 e. The Hall–Kier alpha value is -2.31. The van der Waals surface area contributed by atoms with E-state index in [1.165, 1.54) is 0 Å². The summed E-state index contributed by atoms with van der Waals surface area (Å²) in [4.78, 5) is 12.5. The van der Waals surface area contributed by atoms with Crippen LogP contribution in [-0.4, -0.2) is 20.6 Å². The number of aromatic amines is 1. The molecule has 2 heterocycles. The van der Waals surface area contributed by atoms with Crippen molar-refractivity contribution in [3.63, 3.8) is 0 Å². The molecule has 0 amide bonds. The highest BCUT2D eigenvalue weighted by Crippen LogP contribution is 2.29. The first-order valence-corrected chi connectivity index (χ1v) is 7.32. The molecule has 0 saturated carbocycles. The van der Waals surface area contributed by atoms with Crippen LogP contribution >= 0.6 is 22.9 Å². The molecule has 0 radical (unpaired) electrons. The average Bonchev–Trinajstić information content (AvgIpc) is 3.02. The predicted molar refractivity (Wildman–Crippen MR) is 83.8 cm³/mol. The van der Waals surface area contributed by atoms with Crippen LogP contribution in [0.5, 0.6) is 0 Å². The van der Waals surface area contributed by atoms with Gasteiger partial charge in [0, 0.05) is 30.8 Å². The number of hydrogen-bond acceptors (Lipinski definition) is 5. The van der Waals surface area contributed by atoms with E-state index in [-0.39, 0.29) is 5.43 Å². The molecule has 4 rings (SSSR count). The Kier molecular flexibility index (Phi) is 2.73. The van der Waals surface area contributed by atoms with Crippen LogP contribution in [0.3, 0.4) is 0 Å². The van der Waals surface area contributed by atoms with E-state index in [9.17, 15) is 4.79 Å². The van der Waals surface area contributed by atoms with Crippen LogP contribution in [-0.2, 0) is 0 Å². The zero-order chi connectivity index (χ0) is 14.4. The van der Waals surface area contributed by atoms with E-state index in [4.69, 9.17) is 11.6 Å². The molecule has 102 valence electrons. The summed E-state index contributed by atoms with van der Waals surface area (Å²) in [5.41, 5.74) is 0.807. The highest BCUT2D eigenvalue weighted by atomic mass is 35.5. The maximum absolute atomic E-state index is 12.5. The first-order chi connectivity index (χ1) is 10.2. The maximum atomic E-state index is 12.5. The molecule has 0 fully saturated rings. The molecule has 7 heteroatoms. The van der Waals surface area contributed by atoms with Crippen LogP contribution < -0.4 is 5.43 Å². The number of H-pyrrole nitrogens is 1. The second kappa shape index (κ2) is 4.61. The molecule has 0 aliphatic rings. The zero-order valence-electron chi connectivity index (χ0n) is 10.5. The Morgan fingerprint density at radius 1 is 1.05 bits per heavy atom. The number of nitrogens with zero attached hydrogens (tertiary/aromatic N) is 3. The van der Waals surface area contributed by atoms with Crippen molar-refractivity contribution in [3.05, 3.63) is 51.6 Å². The second-order valence-electron chi connectivity index (χ2n) is 4.52. The van der Waals surface area contributed by atoms with Crippen molar-refractivity contribution in [2.45, 2.75) is 0 Å². The number of tetrazole rings is 1. The summed E-state index contributed by atoms with van der Waals surface area (Å²) < 4.78 is 1.79. The van der Waals surface area contributed by atoms with Gasteiger partial charge in [-0.15, -0.1) is 21.5 Å². The Balaban J connectivity index is 2.07. The number of benzene rings is 2. The lowest BCUT2D eigenvalue weighted by atomic mass is 10.1. The van der Waals surface area contributed by atoms with Crippen molar-refractivity contribution >= 4 is 43.1 Å². The van der Waals surface area contributed by atoms with E-state index in [1.54, 1.807) is 29.5 Å². The fraction of sp³-hybridized carbons (Fsp3) is 0. The lowest BCUT2D eigenvalue weighted by Crippen LogP contribution is -2.00. The van der Waals surface area contributed by atoms with Gasteiger partial charge in [0.2, 0.25) is 5.82 Å². The van der Waals surface area contributed by atoms with Gasteiger partial charge in [-0.25, -0.2) is 0 Å². The molecule has 0 unspecified atom stereocenters. The highest BCUT2D eigenvalue weighted by molar-refractivity contribution is 7.24. The van der Waals surface area contributed by atoms with Crippen LogP contribution in [0.4, 0.5) is 0 Å². The molecule has 0 aliphatic heterocycles. The van der Waals surface area contributed by atoms with Crippen LogP contribution in [0, 0.1) is 0 Å². The van der Waals surface area contributed by atoms with Crippen molar-refractivity contribution < 1.29 is 0 Å². The van der Waals surface area contributed by atoms with E-state index < -0.39 is 0 Å². The van der Waals surface area contributed by atoms with Gasteiger partial charge in [0.25, 0.3) is 0 Å². The monoisotopic (exact) mass is 314 g/mol. The van der Waals surface area contributed by atoms with Gasteiger partial charge in [0.15, 0.2) is 5.43 Å². The van der Waals surface area contributed by atoms with Gasteiger partial charge in [-0.1, -0.05) is 17.7 Å². The molecule has 1 N–H and O–H groups in total. The summed E-state index contributed by atoms with van der Waals surface area (Å²) >= 11 is 7.51. The molecule has 0 saturated heterocycles. The molecular weight excluding hydrogens is 308 g/mol. The van der Waals surface area contributed by atoms with Crippen molar-refractivity contribution in [1.82, 2.24) is 20.6 Å². The van der Waals surface area contributed by atoms with Crippen molar-refractivity contribution in [2.24, 2.45) is 0 Å². The Labute approximate surface area is 127 Å². The van der Waals surface area contributed by atoms with Gasteiger partial charge in [0.1, 0.15) is 0 Å². The summed E-state index contributed by atoms with van der Waals surface area (Å²) in [5.74, 6) is 0.507. The van der Waals surface area contributed by atoms with E-state index >= 15 is 0 Å². The highest BCUT2D eigenvalue weighted by Gasteiger charge is 2.09. The van der Waals surface area contributed by atoms with Gasteiger partial charge >= 0.3 is 0 Å². The second-order valence-corrected chi connectivity index (χ2v) is 6.04. The minimum absolute atomic E-state index is 0.0130. The van der Waals surface area contributed by atoms with Crippen LogP contribution in [0.15, 0.2) is 41.2 Å². The minimum atomic E-state index is -0.0130. The number of aromatic nitrogens is 4. The molecule has 4 aromatic rings. The Morgan fingerprint density at radius 3 is 2.76 bits per heavy atom. The Bertz CT molecular complexity index is 1030. The number of halogens is 1. The van der Waals surface area contributed by atoms with Gasteiger partial charge in [-0.3, -0.25) is 4.79 Å². The van der Waals surface area contributed by atoms with Crippen molar-refractivity contribution in [1.29, 1.82) is 0 Å². The lowest BCUT2D eigenvalue weighted by Gasteiger charge is -2.02. The van der Waals surface area contributed by atoms with Gasteiger partial charge < -0.3 is 0 Å². The standard InChI is InChI=1S/C14H7ClN4OS/c15-8-2-4-11-10(6-8)13(20)9-3-1-7(5-12(9)21-11)14-16-18-19-17-14/h1-6H,(H,16,17,18,19). The maximum Gasteiger partial charge on any atom is 0.204 e. The van der Waals surface area contributed by atoms with E-state index in [1.807, 2.05) is 18.2 Å². The first kappa shape index (κ1) is 12.4. The largest absolute Gasteiger partial charge is 0.289 e. The zero-order valence-corrected chi connectivity index (χ0v) is 12.1. The van der Waals surface area contributed by atoms with Gasteiger partial charge in [-0.05, 0) is 35.5 Å². The van der Waals surface area contributed by atoms with Crippen molar-refractivity contribution in [3.8, 4) is 11.4 Å². The van der Waals surface area contributed by atoms with Crippen LogP contribution in [0.2, 0.25) is 5.02 Å². The first-order valence-electron chi connectivity index (χ1n) is 6.12. The molecule has 0 spiro atoms. The minimum Gasteiger partial charge on any atom is -0.289 e. The molecular formula is C14H7ClN4OS. The average molecular weight is 315 g/mol. The normalized spacial score (nSPS) is 11.3. The topological polar surface area (TPSA) is 71.5 Å². The third kappa shape index (κ3) is 2.00. The molecule has 21 heavy (non-hydrogen) atoms. The summed E-state index contributed by atoms with van der Waals surface area (Å²) in [7, 11) is 0. The number of hydrogen-bond donors (Lipinski definition) is 1. The molecule has 0 aliphatic carbocycles. The summed E-state index contributed by atoms with van der Waals surface area (Å²) in [6, 6.07) is 10.9. The third-order valence-corrected chi connectivity index (χ3v) is 4.60. The predicted octanol–water partition coefficient (Wildman–Crippen LogP) is 3.25. The fourth-order valence-corrected chi connectivity index (χ4v) is 3.51. The summed E-state index contributed by atoms with van der Waals surface area (Å²) in [6.45, 7) is 0. The SMILES string of the molecule is O=c1c2ccc(-c3nn[nH]n3)cc2sc2ccc(Cl)cc12. The summed E-state index contributed by atoms with van der Waals surface area (Å²) in [5, 5.41) is 15.7. The lowest BCUT2D eigenvalue weighted by molar-refractivity contribution is 0.881. The number of rotatable bonds is 1. The quantitative estimate of drug-likeness (QED) is 0.547. The molecule has 5 nitrogen and oxygen atoms in total. The molecule has 2 aromatic carbocycles. The molecule has 2 aromatic heterocycles. The summed E-state index contributed by atoms with van der Waals surface area (Å²) in [6.07, 6.45) is 0. The van der Waals surface area contributed by atoms with Gasteiger partial charge in [-0.2, -0.15) is 5.21 Å².